The van der Waals surface area contributed by atoms with Gasteiger partial charge in [0.1, 0.15) is 24.6 Å². The van der Waals surface area contributed by atoms with E-state index in [1.165, 1.54) is 17.2 Å². The number of nitrogens with zero attached hydrogens (tertiary/aromatic N) is 5. The van der Waals surface area contributed by atoms with Crippen molar-refractivity contribution in [3.63, 3.8) is 0 Å². The van der Waals surface area contributed by atoms with Crippen LogP contribution in [0, 0.1) is 0 Å². The molecular formula is C12H17N5O4. The monoisotopic (exact) mass is 295 g/mol. The van der Waals surface area contributed by atoms with E-state index in [1.54, 1.807) is 4.90 Å². The minimum absolute atomic E-state index is 0.376. The number of aliphatic hydroxyl groups excluding tert-OH is 3. The van der Waals surface area contributed by atoms with Crippen molar-refractivity contribution >= 4 is 17.0 Å². The van der Waals surface area contributed by atoms with Crippen LogP contribution in [-0.2, 0) is 4.74 Å². The lowest BCUT2D eigenvalue weighted by atomic mass is 10.1. The van der Waals surface area contributed by atoms with Crippen LogP contribution < -0.4 is 4.90 Å². The average molecular weight is 295 g/mol. The minimum Gasteiger partial charge on any atom is -0.394 e. The molecule has 3 rings (SSSR count). The summed E-state index contributed by atoms with van der Waals surface area (Å²) in [5.74, 6) is 0.644. The second-order valence-corrected chi connectivity index (χ2v) is 5.14. The second kappa shape index (κ2) is 5.19. The summed E-state index contributed by atoms with van der Waals surface area (Å²) in [6, 6.07) is 0. The number of aromatic nitrogens is 4. The molecule has 1 saturated heterocycles. The van der Waals surface area contributed by atoms with Crippen LogP contribution in [0.2, 0.25) is 0 Å². The summed E-state index contributed by atoms with van der Waals surface area (Å²) in [6.45, 7) is -0.376. The number of rotatable bonds is 3. The van der Waals surface area contributed by atoms with Gasteiger partial charge in [0.15, 0.2) is 23.2 Å². The lowest BCUT2D eigenvalue weighted by Crippen LogP contribution is -2.33. The van der Waals surface area contributed by atoms with Gasteiger partial charge in [-0.3, -0.25) is 4.57 Å². The van der Waals surface area contributed by atoms with E-state index in [2.05, 4.69) is 15.0 Å². The highest BCUT2D eigenvalue weighted by Gasteiger charge is 2.44. The smallest absolute Gasteiger partial charge is 0.167 e. The summed E-state index contributed by atoms with van der Waals surface area (Å²) in [5.41, 5.74) is 1.06. The Morgan fingerprint density at radius 3 is 2.62 bits per heavy atom. The fourth-order valence-electron chi connectivity index (χ4n) is 2.46. The van der Waals surface area contributed by atoms with Gasteiger partial charge in [-0.1, -0.05) is 0 Å². The molecule has 1 fully saturated rings. The van der Waals surface area contributed by atoms with Gasteiger partial charge in [0.05, 0.1) is 12.9 Å². The topological polar surface area (TPSA) is 117 Å². The molecule has 0 saturated carbocycles. The van der Waals surface area contributed by atoms with Crippen LogP contribution in [0.4, 0.5) is 5.82 Å². The second-order valence-electron chi connectivity index (χ2n) is 5.14. The van der Waals surface area contributed by atoms with Crippen molar-refractivity contribution in [3.8, 4) is 0 Å². The molecule has 0 spiro atoms. The molecule has 4 atom stereocenters. The van der Waals surface area contributed by atoms with Crippen LogP contribution in [0.1, 0.15) is 6.23 Å². The lowest BCUT2D eigenvalue weighted by molar-refractivity contribution is -0.0511. The molecule has 1 aliphatic rings. The Hall–Kier alpha value is -1.81. The summed E-state index contributed by atoms with van der Waals surface area (Å²) < 4.78 is 7.02. The third kappa shape index (κ3) is 2.14. The fraction of sp³-hybridized carbons (Fsp3) is 0.583. The Morgan fingerprint density at radius 2 is 2.00 bits per heavy atom. The molecular weight excluding hydrogens is 278 g/mol. The first-order chi connectivity index (χ1) is 10.0. The van der Waals surface area contributed by atoms with E-state index in [1.807, 2.05) is 14.1 Å². The predicted molar refractivity (Wildman–Crippen MR) is 72.7 cm³/mol. The van der Waals surface area contributed by atoms with Crippen molar-refractivity contribution in [2.24, 2.45) is 0 Å². The van der Waals surface area contributed by atoms with E-state index in [9.17, 15) is 10.2 Å². The Morgan fingerprint density at radius 1 is 1.24 bits per heavy atom. The van der Waals surface area contributed by atoms with Crippen LogP contribution in [0.15, 0.2) is 12.7 Å². The Bertz CT molecular complexity index is 646. The first-order valence-electron chi connectivity index (χ1n) is 6.52. The van der Waals surface area contributed by atoms with Gasteiger partial charge >= 0.3 is 0 Å². The molecule has 0 aliphatic carbocycles. The molecule has 0 radical (unpaired) electrons. The van der Waals surface area contributed by atoms with Crippen molar-refractivity contribution in [1.29, 1.82) is 0 Å². The Kier molecular flexibility index (Phi) is 3.49. The van der Waals surface area contributed by atoms with E-state index in [4.69, 9.17) is 9.84 Å². The molecule has 9 heteroatoms. The van der Waals surface area contributed by atoms with Gasteiger partial charge < -0.3 is 25.0 Å². The molecule has 0 bridgehead atoms. The molecule has 0 amide bonds. The van der Waals surface area contributed by atoms with E-state index >= 15 is 0 Å². The van der Waals surface area contributed by atoms with Gasteiger partial charge in [-0.25, -0.2) is 15.0 Å². The number of aliphatic hydroxyl groups is 3. The van der Waals surface area contributed by atoms with Gasteiger partial charge in [0, 0.05) is 14.1 Å². The Labute approximate surface area is 120 Å². The number of ether oxygens (including phenoxy) is 1. The quantitative estimate of drug-likeness (QED) is 0.626. The average Bonchev–Trinajstić information content (AvgIpc) is 3.01. The van der Waals surface area contributed by atoms with Crippen LogP contribution in [0.3, 0.4) is 0 Å². The molecule has 1 aliphatic heterocycles. The van der Waals surface area contributed by atoms with Crippen LogP contribution >= 0.6 is 0 Å². The number of imidazole rings is 1. The highest BCUT2D eigenvalue weighted by atomic mass is 16.6. The number of anilines is 1. The van der Waals surface area contributed by atoms with E-state index < -0.39 is 24.5 Å². The number of fused-ring (bicyclic) bond motifs is 1. The van der Waals surface area contributed by atoms with Crippen molar-refractivity contribution in [3.05, 3.63) is 12.7 Å². The lowest BCUT2D eigenvalue weighted by Gasteiger charge is -2.17. The van der Waals surface area contributed by atoms with E-state index in [-0.39, 0.29) is 6.61 Å². The molecule has 21 heavy (non-hydrogen) atoms. The van der Waals surface area contributed by atoms with Gasteiger partial charge in [-0.05, 0) is 0 Å². The molecule has 0 aromatic carbocycles. The van der Waals surface area contributed by atoms with Crippen LogP contribution in [-0.4, -0.2) is 73.9 Å². The van der Waals surface area contributed by atoms with E-state index in [0.717, 1.165) is 0 Å². The number of hydrogen-bond acceptors (Lipinski definition) is 8. The first-order valence-corrected chi connectivity index (χ1v) is 6.52. The summed E-state index contributed by atoms with van der Waals surface area (Å²) >= 11 is 0. The van der Waals surface area contributed by atoms with Crippen LogP contribution in [0.5, 0.6) is 0 Å². The SMILES string of the molecule is CN(C)c1ncnc2c1ncn2C1O[C@H](CO)[C@@H](O)[C@H]1O. The van der Waals surface area contributed by atoms with E-state index in [0.29, 0.717) is 17.0 Å². The normalized spacial score (nSPS) is 29.2. The zero-order valence-corrected chi connectivity index (χ0v) is 11.7. The molecule has 2 aromatic heterocycles. The Balaban J connectivity index is 2.04. The highest BCUT2D eigenvalue weighted by Crippen LogP contribution is 2.32. The summed E-state index contributed by atoms with van der Waals surface area (Å²) in [6.07, 6.45) is -1.14. The molecule has 3 N–H and O–H groups in total. The predicted octanol–water partition coefficient (Wildman–Crippen LogP) is -1.50. The van der Waals surface area contributed by atoms with Crippen molar-refractivity contribution in [1.82, 2.24) is 19.5 Å². The summed E-state index contributed by atoms with van der Waals surface area (Å²) in [7, 11) is 3.68. The van der Waals surface area contributed by atoms with Gasteiger partial charge in [-0.15, -0.1) is 0 Å². The van der Waals surface area contributed by atoms with Crippen molar-refractivity contribution < 1.29 is 20.1 Å². The zero-order chi connectivity index (χ0) is 15.1. The first kappa shape index (κ1) is 14.1. The minimum atomic E-state index is -1.17. The maximum Gasteiger partial charge on any atom is 0.167 e. The maximum absolute atomic E-state index is 10.1. The highest BCUT2D eigenvalue weighted by molar-refractivity contribution is 5.83. The molecule has 114 valence electrons. The summed E-state index contributed by atoms with van der Waals surface area (Å²) in [5, 5.41) is 29.1. The van der Waals surface area contributed by atoms with Crippen molar-refractivity contribution in [2.45, 2.75) is 24.5 Å². The molecule has 9 nitrogen and oxygen atoms in total. The third-order valence-corrected chi connectivity index (χ3v) is 3.55. The fourth-order valence-corrected chi connectivity index (χ4v) is 2.46. The summed E-state index contributed by atoms with van der Waals surface area (Å²) in [4.78, 5) is 14.4. The molecule has 1 unspecified atom stereocenters. The standard InChI is InChI=1S/C12H17N5O4/c1-16(2)10-7-11(14-4-13-10)17(5-15-7)12-9(20)8(19)6(3-18)21-12/h4-6,8-9,12,18-20H,3H2,1-2H3/t6-,8-,9-,12?/m1/s1. The third-order valence-electron chi connectivity index (χ3n) is 3.55. The maximum atomic E-state index is 10.1. The van der Waals surface area contributed by atoms with Crippen molar-refractivity contribution in [2.75, 3.05) is 25.6 Å². The molecule has 2 aromatic rings. The van der Waals surface area contributed by atoms with Gasteiger partial charge in [-0.2, -0.15) is 0 Å². The number of hydrogen-bond donors (Lipinski definition) is 3. The largest absolute Gasteiger partial charge is 0.394 e. The van der Waals surface area contributed by atoms with Crippen LogP contribution in [0.25, 0.3) is 11.2 Å². The van der Waals surface area contributed by atoms with Gasteiger partial charge in [0.25, 0.3) is 0 Å². The zero-order valence-electron chi connectivity index (χ0n) is 11.7. The molecule has 3 heterocycles. The van der Waals surface area contributed by atoms with Gasteiger partial charge in [0.2, 0.25) is 0 Å².